The minimum absolute atomic E-state index is 0.261. The van der Waals surface area contributed by atoms with Gasteiger partial charge in [-0.1, -0.05) is 46.1 Å². The van der Waals surface area contributed by atoms with Crippen molar-refractivity contribution in [2.45, 2.75) is 51.3 Å². The summed E-state index contributed by atoms with van der Waals surface area (Å²) in [5, 5.41) is 12.8. The van der Waals surface area contributed by atoms with Crippen LogP contribution in [0, 0.1) is 16.7 Å². The molecule has 0 aliphatic rings. The molecule has 1 rings (SSSR count). The van der Waals surface area contributed by atoms with E-state index in [1.165, 1.54) is 25.7 Å². The molecular weight excluding hydrogens is 264 g/mol. The highest BCUT2D eigenvalue weighted by molar-refractivity contribution is 7.98. The van der Waals surface area contributed by atoms with E-state index in [-0.39, 0.29) is 5.41 Å². The van der Waals surface area contributed by atoms with E-state index in [1.54, 1.807) is 11.8 Å². The van der Waals surface area contributed by atoms with E-state index in [0.29, 0.717) is 0 Å². The Morgan fingerprint density at radius 3 is 2.65 bits per heavy atom. The number of hydrogen-bond acceptors (Lipinski definition) is 3. The molecule has 1 aromatic carbocycles. The Balaban J connectivity index is 2.68. The molecule has 2 nitrogen and oxygen atoms in total. The van der Waals surface area contributed by atoms with Crippen molar-refractivity contribution in [3.05, 3.63) is 23.8 Å². The third-order valence-electron chi connectivity index (χ3n) is 3.57. The Morgan fingerprint density at radius 2 is 2.05 bits per heavy atom. The molecule has 110 valence electrons. The molecule has 0 heterocycles. The predicted octanol–water partition coefficient (Wildman–Crippen LogP) is 5.30. The van der Waals surface area contributed by atoms with Crippen LogP contribution in [0.15, 0.2) is 23.1 Å². The van der Waals surface area contributed by atoms with Crippen molar-refractivity contribution >= 4 is 17.4 Å². The molecule has 0 saturated heterocycles. The van der Waals surface area contributed by atoms with Crippen molar-refractivity contribution in [2.24, 2.45) is 5.41 Å². The van der Waals surface area contributed by atoms with E-state index in [9.17, 15) is 5.26 Å². The molecular formula is C17H26N2S. The maximum atomic E-state index is 9.33. The molecule has 0 saturated carbocycles. The van der Waals surface area contributed by atoms with Gasteiger partial charge in [-0.25, -0.2) is 0 Å². The summed E-state index contributed by atoms with van der Waals surface area (Å²) >= 11 is 1.62. The Hall–Kier alpha value is -1.14. The number of nitriles is 1. The van der Waals surface area contributed by atoms with Crippen molar-refractivity contribution in [3.8, 4) is 6.07 Å². The molecule has 0 bridgehead atoms. The lowest BCUT2D eigenvalue weighted by atomic mass is 9.86. The van der Waals surface area contributed by atoms with Gasteiger partial charge in [0.05, 0.1) is 11.3 Å². The molecule has 0 unspecified atom stereocenters. The van der Waals surface area contributed by atoms with Crippen LogP contribution >= 0.6 is 11.8 Å². The first-order valence-corrected chi connectivity index (χ1v) is 8.57. The van der Waals surface area contributed by atoms with E-state index in [1.807, 2.05) is 24.5 Å². The molecule has 3 heteroatoms. The highest BCUT2D eigenvalue weighted by Crippen LogP contribution is 2.29. The number of nitrogens with one attached hydrogen (secondary N) is 1. The maximum absolute atomic E-state index is 9.33. The van der Waals surface area contributed by atoms with E-state index >= 15 is 0 Å². The molecule has 20 heavy (non-hydrogen) atoms. The van der Waals surface area contributed by atoms with Crippen LogP contribution in [0.25, 0.3) is 0 Å². The maximum Gasteiger partial charge on any atom is 0.102 e. The van der Waals surface area contributed by atoms with Crippen LogP contribution < -0.4 is 5.32 Å². The van der Waals surface area contributed by atoms with Crippen molar-refractivity contribution < 1.29 is 0 Å². The van der Waals surface area contributed by atoms with Crippen LogP contribution in [0.5, 0.6) is 0 Å². The highest BCUT2D eigenvalue weighted by Gasteiger charge is 2.18. The monoisotopic (exact) mass is 290 g/mol. The summed E-state index contributed by atoms with van der Waals surface area (Å²) in [4.78, 5) is 1.04. The molecule has 0 amide bonds. The summed E-state index contributed by atoms with van der Waals surface area (Å²) in [6.07, 6.45) is 7.07. The van der Waals surface area contributed by atoms with Crippen molar-refractivity contribution in [1.82, 2.24) is 0 Å². The Kier molecular flexibility index (Phi) is 6.95. The number of benzene rings is 1. The molecule has 0 aliphatic heterocycles. The van der Waals surface area contributed by atoms with Gasteiger partial charge in [-0.15, -0.1) is 11.8 Å². The molecule has 0 radical (unpaired) electrons. The van der Waals surface area contributed by atoms with Gasteiger partial charge in [-0.3, -0.25) is 0 Å². The van der Waals surface area contributed by atoms with Crippen molar-refractivity contribution in [3.63, 3.8) is 0 Å². The fourth-order valence-corrected chi connectivity index (χ4v) is 2.81. The van der Waals surface area contributed by atoms with Crippen LogP contribution in [0.4, 0.5) is 5.69 Å². The van der Waals surface area contributed by atoms with Gasteiger partial charge >= 0.3 is 0 Å². The number of anilines is 1. The second-order valence-corrected chi connectivity index (χ2v) is 6.82. The number of unbranched alkanes of at least 4 members (excludes halogenated alkanes) is 2. The van der Waals surface area contributed by atoms with Gasteiger partial charge in [-0.05, 0) is 30.2 Å². The zero-order chi connectivity index (χ0) is 15.0. The molecule has 1 aromatic rings. The standard InChI is InChI=1S/C17H26N2S/c1-5-6-7-11-17(2,3)13-19-15-9-8-10-16(20-4)14(15)12-18/h8-10,19H,5-7,11,13H2,1-4H3. The number of rotatable bonds is 8. The summed E-state index contributed by atoms with van der Waals surface area (Å²) in [6.45, 7) is 7.72. The lowest BCUT2D eigenvalue weighted by molar-refractivity contribution is 0.342. The first-order chi connectivity index (χ1) is 9.54. The van der Waals surface area contributed by atoms with Gasteiger partial charge in [0, 0.05) is 11.4 Å². The summed E-state index contributed by atoms with van der Waals surface area (Å²) in [5.74, 6) is 0. The average molecular weight is 290 g/mol. The van der Waals surface area contributed by atoms with Gasteiger partial charge < -0.3 is 5.32 Å². The van der Waals surface area contributed by atoms with Gasteiger partial charge in [0.15, 0.2) is 0 Å². The minimum atomic E-state index is 0.261. The Bertz CT molecular complexity index is 461. The third kappa shape index (κ3) is 5.09. The zero-order valence-electron chi connectivity index (χ0n) is 13.1. The molecule has 1 N–H and O–H groups in total. The van der Waals surface area contributed by atoms with Crippen LogP contribution in [-0.2, 0) is 0 Å². The lowest BCUT2D eigenvalue weighted by Crippen LogP contribution is -2.23. The topological polar surface area (TPSA) is 35.8 Å². The second-order valence-electron chi connectivity index (χ2n) is 5.97. The first kappa shape index (κ1) is 16.9. The Labute approximate surface area is 128 Å². The Morgan fingerprint density at radius 1 is 1.30 bits per heavy atom. The minimum Gasteiger partial charge on any atom is -0.383 e. The number of nitrogens with zero attached hydrogens (tertiary/aromatic N) is 1. The molecule has 0 atom stereocenters. The normalized spacial score (nSPS) is 11.2. The van der Waals surface area contributed by atoms with Gasteiger partial charge in [0.2, 0.25) is 0 Å². The van der Waals surface area contributed by atoms with Crippen LogP contribution in [0.1, 0.15) is 52.0 Å². The van der Waals surface area contributed by atoms with E-state index in [4.69, 9.17) is 0 Å². The van der Waals surface area contributed by atoms with E-state index < -0.39 is 0 Å². The van der Waals surface area contributed by atoms with Gasteiger partial charge in [-0.2, -0.15) is 5.26 Å². The predicted molar refractivity (Wildman–Crippen MR) is 89.4 cm³/mol. The van der Waals surface area contributed by atoms with Gasteiger partial charge in [0.1, 0.15) is 6.07 Å². The van der Waals surface area contributed by atoms with Crippen molar-refractivity contribution in [2.75, 3.05) is 18.1 Å². The molecule has 0 fully saturated rings. The largest absolute Gasteiger partial charge is 0.383 e. The second kappa shape index (κ2) is 8.21. The zero-order valence-corrected chi connectivity index (χ0v) is 13.9. The first-order valence-electron chi connectivity index (χ1n) is 7.35. The summed E-state index contributed by atoms with van der Waals surface area (Å²) in [6, 6.07) is 8.33. The van der Waals surface area contributed by atoms with Crippen LogP contribution in [0.3, 0.4) is 0 Å². The fraction of sp³-hybridized carbons (Fsp3) is 0.588. The van der Waals surface area contributed by atoms with Crippen LogP contribution in [-0.4, -0.2) is 12.8 Å². The smallest absolute Gasteiger partial charge is 0.102 e. The third-order valence-corrected chi connectivity index (χ3v) is 4.35. The lowest BCUT2D eigenvalue weighted by Gasteiger charge is -2.26. The van der Waals surface area contributed by atoms with E-state index in [2.05, 4.69) is 32.2 Å². The quantitative estimate of drug-likeness (QED) is 0.521. The summed E-state index contributed by atoms with van der Waals surface area (Å²) in [7, 11) is 0. The fourth-order valence-electron chi connectivity index (χ4n) is 2.24. The number of thioether (sulfide) groups is 1. The molecule has 0 aliphatic carbocycles. The summed E-state index contributed by atoms with van der Waals surface area (Å²) < 4.78 is 0. The molecule has 0 spiro atoms. The van der Waals surface area contributed by atoms with Crippen LogP contribution in [0.2, 0.25) is 0 Å². The molecule has 0 aromatic heterocycles. The highest BCUT2D eigenvalue weighted by atomic mass is 32.2. The van der Waals surface area contributed by atoms with E-state index in [0.717, 1.165) is 22.7 Å². The van der Waals surface area contributed by atoms with Gasteiger partial charge in [0.25, 0.3) is 0 Å². The summed E-state index contributed by atoms with van der Waals surface area (Å²) in [5.41, 5.74) is 1.99. The number of hydrogen-bond donors (Lipinski definition) is 1. The average Bonchev–Trinajstić information content (AvgIpc) is 2.44. The van der Waals surface area contributed by atoms with Crippen molar-refractivity contribution in [1.29, 1.82) is 5.26 Å². The SMILES string of the molecule is CCCCCC(C)(C)CNc1cccc(SC)c1C#N.